The van der Waals surface area contributed by atoms with E-state index in [1.807, 2.05) is 39.0 Å². The second kappa shape index (κ2) is 7.52. The van der Waals surface area contributed by atoms with Crippen molar-refractivity contribution in [1.29, 1.82) is 0 Å². The minimum absolute atomic E-state index is 0.0542. The number of hydrogen-bond acceptors (Lipinski definition) is 2. The van der Waals surface area contributed by atoms with E-state index in [0.717, 1.165) is 22.4 Å². The van der Waals surface area contributed by atoms with Crippen LogP contribution < -0.4 is 10.1 Å². The summed E-state index contributed by atoms with van der Waals surface area (Å²) in [5, 5.41) is 3.03. The molecule has 0 spiro atoms. The van der Waals surface area contributed by atoms with Crippen LogP contribution in [0.25, 0.3) is 0 Å². The Labute approximate surface area is 145 Å². The Balaban J connectivity index is 2.02. The van der Waals surface area contributed by atoms with Crippen LogP contribution >= 0.6 is 0 Å². The third kappa shape index (κ3) is 4.38. The Morgan fingerprint density at radius 2 is 1.58 bits per heavy atom. The van der Waals surface area contributed by atoms with E-state index in [0.29, 0.717) is 0 Å². The molecule has 0 saturated carbocycles. The third-order valence-electron chi connectivity index (χ3n) is 4.41. The predicted molar refractivity (Wildman–Crippen MR) is 98.5 cm³/mol. The number of rotatable bonds is 5. The standard InChI is InChI=1S/C21H27NO2/c1-13-7-8-15(3)20(11-13)24-18(6)21(23)22-17(5)19-10-9-14(2)16(4)12-19/h7-12,17-18H,1-6H3,(H,22,23)/t17-,18+/m0/s1. The summed E-state index contributed by atoms with van der Waals surface area (Å²) in [6.45, 7) is 11.9. The van der Waals surface area contributed by atoms with Gasteiger partial charge in [-0.05, 0) is 75.4 Å². The van der Waals surface area contributed by atoms with Crippen LogP contribution in [0.15, 0.2) is 36.4 Å². The maximum absolute atomic E-state index is 12.4. The van der Waals surface area contributed by atoms with Crippen molar-refractivity contribution < 1.29 is 9.53 Å². The fourth-order valence-electron chi connectivity index (χ4n) is 2.53. The summed E-state index contributed by atoms with van der Waals surface area (Å²) in [5.74, 6) is 0.651. The van der Waals surface area contributed by atoms with Gasteiger partial charge in [-0.1, -0.05) is 30.3 Å². The highest BCUT2D eigenvalue weighted by atomic mass is 16.5. The largest absolute Gasteiger partial charge is 0.481 e. The van der Waals surface area contributed by atoms with E-state index < -0.39 is 6.10 Å². The molecular weight excluding hydrogens is 298 g/mol. The lowest BCUT2D eigenvalue weighted by Gasteiger charge is -2.20. The first kappa shape index (κ1) is 18.1. The molecule has 0 aliphatic carbocycles. The van der Waals surface area contributed by atoms with Crippen molar-refractivity contribution in [1.82, 2.24) is 5.32 Å². The number of nitrogens with one attached hydrogen (secondary N) is 1. The summed E-state index contributed by atoms with van der Waals surface area (Å²) in [5.41, 5.74) is 5.73. The molecule has 0 heterocycles. The summed E-state index contributed by atoms with van der Waals surface area (Å²) < 4.78 is 5.86. The van der Waals surface area contributed by atoms with E-state index in [4.69, 9.17) is 4.74 Å². The zero-order chi connectivity index (χ0) is 17.9. The topological polar surface area (TPSA) is 38.3 Å². The number of benzene rings is 2. The molecule has 3 heteroatoms. The van der Waals surface area contributed by atoms with Crippen LogP contribution in [0.2, 0.25) is 0 Å². The van der Waals surface area contributed by atoms with Gasteiger partial charge in [0.1, 0.15) is 5.75 Å². The smallest absolute Gasteiger partial charge is 0.261 e. The van der Waals surface area contributed by atoms with E-state index in [9.17, 15) is 4.79 Å². The van der Waals surface area contributed by atoms with Crippen molar-refractivity contribution in [2.24, 2.45) is 0 Å². The van der Waals surface area contributed by atoms with Crippen LogP contribution in [0.3, 0.4) is 0 Å². The number of ether oxygens (including phenoxy) is 1. The number of amides is 1. The van der Waals surface area contributed by atoms with E-state index in [1.54, 1.807) is 6.92 Å². The second-order valence-electron chi connectivity index (χ2n) is 6.60. The first-order valence-corrected chi connectivity index (χ1v) is 8.39. The number of carbonyl (C=O) groups excluding carboxylic acids is 1. The molecule has 2 rings (SSSR count). The van der Waals surface area contributed by atoms with E-state index in [2.05, 4.69) is 37.4 Å². The fraction of sp³-hybridized carbons (Fsp3) is 0.381. The van der Waals surface area contributed by atoms with Gasteiger partial charge in [-0.15, -0.1) is 0 Å². The van der Waals surface area contributed by atoms with Gasteiger partial charge in [0.2, 0.25) is 0 Å². The minimum atomic E-state index is -0.542. The zero-order valence-electron chi connectivity index (χ0n) is 15.4. The summed E-state index contributed by atoms with van der Waals surface area (Å²) in [7, 11) is 0. The average Bonchev–Trinajstić information content (AvgIpc) is 2.53. The molecule has 0 aromatic heterocycles. The van der Waals surface area contributed by atoms with Crippen LogP contribution in [0.5, 0.6) is 5.75 Å². The van der Waals surface area contributed by atoms with Gasteiger partial charge >= 0.3 is 0 Å². The first-order valence-electron chi connectivity index (χ1n) is 8.39. The number of hydrogen-bond donors (Lipinski definition) is 1. The third-order valence-corrected chi connectivity index (χ3v) is 4.41. The van der Waals surface area contributed by atoms with Gasteiger partial charge in [0.05, 0.1) is 6.04 Å². The fourth-order valence-corrected chi connectivity index (χ4v) is 2.53. The Morgan fingerprint density at radius 1 is 0.917 bits per heavy atom. The second-order valence-corrected chi connectivity index (χ2v) is 6.60. The number of aryl methyl sites for hydroxylation is 4. The quantitative estimate of drug-likeness (QED) is 0.875. The van der Waals surface area contributed by atoms with Gasteiger partial charge in [0.15, 0.2) is 6.10 Å². The van der Waals surface area contributed by atoms with Crippen LogP contribution in [-0.2, 0) is 4.79 Å². The molecule has 24 heavy (non-hydrogen) atoms. The molecule has 0 aliphatic rings. The highest BCUT2D eigenvalue weighted by Gasteiger charge is 2.18. The number of carbonyl (C=O) groups is 1. The summed E-state index contributed by atoms with van der Waals surface area (Å²) in [6.07, 6.45) is -0.542. The molecule has 0 unspecified atom stereocenters. The lowest BCUT2D eigenvalue weighted by molar-refractivity contribution is -0.127. The van der Waals surface area contributed by atoms with Crippen LogP contribution in [-0.4, -0.2) is 12.0 Å². The summed E-state index contributed by atoms with van der Waals surface area (Å²) in [4.78, 5) is 12.4. The zero-order valence-corrected chi connectivity index (χ0v) is 15.4. The Bertz CT molecular complexity index is 737. The minimum Gasteiger partial charge on any atom is -0.481 e. The first-order chi connectivity index (χ1) is 11.3. The molecule has 2 atom stereocenters. The molecule has 0 saturated heterocycles. The normalized spacial score (nSPS) is 13.2. The highest BCUT2D eigenvalue weighted by molar-refractivity contribution is 5.81. The van der Waals surface area contributed by atoms with Crippen molar-refractivity contribution in [2.75, 3.05) is 0 Å². The molecule has 0 bridgehead atoms. The van der Waals surface area contributed by atoms with Crippen LogP contribution in [0, 0.1) is 27.7 Å². The van der Waals surface area contributed by atoms with Crippen LogP contribution in [0.1, 0.15) is 47.7 Å². The maximum atomic E-state index is 12.4. The Morgan fingerprint density at radius 3 is 2.25 bits per heavy atom. The Hall–Kier alpha value is -2.29. The van der Waals surface area contributed by atoms with Crippen molar-refractivity contribution in [3.05, 3.63) is 64.2 Å². The molecule has 0 fully saturated rings. The van der Waals surface area contributed by atoms with Crippen molar-refractivity contribution in [3.63, 3.8) is 0 Å². The lowest BCUT2D eigenvalue weighted by atomic mass is 10.0. The van der Waals surface area contributed by atoms with Gasteiger partial charge in [0, 0.05) is 0 Å². The van der Waals surface area contributed by atoms with Gasteiger partial charge in [0.25, 0.3) is 5.91 Å². The van der Waals surface area contributed by atoms with E-state index in [-0.39, 0.29) is 11.9 Å². The van der Waals surface area contributed by atoms with Crippen molar-refractivity contribution >= 4 is 5.91 Å². The van der Waals surface area contributed by atoms with E-state index in [1.165, 1.54) is 11.1 Å². The average molecular weight is 325 g/mol. The lowest BCUT2D eigenvalue weighted by Crippen LogP contribution is -2.37. The monoisotopic (exact) mass is 325 g/mol. The molecule has 2 aromatic carbocycles. The molecule has 2 aromatic rings. The van der Waals surface area contributed by atoms with Crippen molar-refractivity contribution in [2.45, 2.75) is 53.7 Å². The predicted octanol–water partition coefficient (Wildman–Crippen LogP) is 4.56. The molecule has 3 nitrogen and oxygen atoms in total. The van der Waals surface area contributed by atoms with Crippen molar-refractivity contribution in [3.8, 4) is 5.75 Å². The molecule has 1 amide bonds. The summed E-state index contributed by atoms with van der Waals surface area (Å²) in [6, 6.07) is 12.2. The molecule has 0 aliphatic heterocycles. The van der Waals surface area contributed by atoms with Crippen LogP contribution in [0.4, 0.5) is 0 Å². The maximum Gasteiger partial charge on any atom is 0.261 e. The van der Waals surface area contributed by atoms with E-state index >= 15 is 0 Å². The SMILES string of the molecule is Cc1ccc(C)c(O[C@H](C)C(=O)N[C@@H](C)c2ccc(C)c(C)c2)c1. The Kier molecular flexibility index (Phi) is 5.66. The molecule has 128 valence electrons. The summed E-state index contributed by atoms with van der Waals surface area (Å²) >= 11 is 0. The molecular formula is C21H27NO2. The molecule has 0 radical (unpaired) electrons. The van der Waals surface area contributed by atoms with Gasteiger partial charge < -0.3 is 10.1 Å². The highest BCUT2D eigenvalue weighted by Crippen LogP contribution is 2.21. The molecule has 1 N–H and O–H groups in total. The van der Waals surface area contributed by atoms with Gasteiger partial charge in [-0.2, -0.15) is 0 Å². The van der Waals surface area contributed by atoms with Gasteiger partial charge in [-0.3, -0.25) is 4.79 Å². The van der Waals surface area contributed by atoms with Gasteiger partial charge in [-0.25, -0.2) is 0 Å².